The fourth-order valence-corrected chi connectivity index (χ4v) is 6.56. The lowest BCUT2D eigenvalue weighted by Gasteiger charge is -2.34. The molecule has 0 aliphatic carbocycles. The molecule has 10 heteroatoms. The number of anilines is 1. The van der Waals surface area contributed by atoms with Crippen molar-refractivity contribution in [1.82, 2.24) is 29.7 Å². The Labute approximate surface area is 230 Å². The SMILES string of the molecule is CC.CC.COc1nc(N2CC3CCC(C2)N3)c2c3ccnc(Cl)c3n(C)c2n1.FC1CC2CCCN2C1. The number of rotatable bonds is 2. The molecular weight excluding hydrogens is 505 g/mol. The van der Waals surface area contributed by atoms with E-state index in [1.54, 1.807) is 13.3 Å². The first-order valence-electron chi connectivity index (χ1n) is 14.3. The van der Waals surface area contributed by atoms with Gasteiger partial charge in [0.15, 0.2) is 5.15 Å². The maximum Gasteiger partial charge on any atom is 0.320 e. The minimum atomic E-state index is -0.518. The second-order valence-electron chi connectivity index (χ2n) is 9.96. The van der Waals surface area contributed by atoms with E-state index < -0.39 is 6.17 Å². The van der Waals surface area contributed by atoms with Crippen LogP contribution in [0, 0.1) is 0 Å². The van der Waals surface area contributed by atoms with E-state index in [0.29, 0.717) is 35.8 Å². The van der Waals surface area contributed by atoms with Crippen LogP contribution < -0.4 is 15.0 Å². The maximum atomic E-state index is 12.6. The van der Waals surface area contributed by atoms with Gasteiger partial charge in [0.1, 0.15) is 17.6 Å². The summed E-state index contributed by atoms with van der Waals surface area (Å²) in [6, 6.07) is 4.02. The summed E-state index contributed by atoms with van der Waals surface area (Å²) < 4.78 is 20.0. The van der Waals surface area contributed by atoms with E-state index >= 15 is 0 Å². The molecule has 0 aromatic carbocycles. The van der Waals surface area contributed by atoms with E-state index in [4.69, 9.17) is 21.3 Å². The molecule has 0 radical (unpaired) electrons. The fourth-order valence-electron chi connectivity index (χ4n) is 6.27. The molecule has 1 N–H and O–H groups in total. The molecule has 3 aromatic rings. The number of hydrogen-bond donors (Lipinski definition) is 1. The van der Waals surface area contributed by atoms with E-state index in [2.05, 4.69) is 25.1 Å². The highest BCUT2D eigenvalue weighted by molar-refractivity contribution is 6.35. The average Bonchev–Trinajstić information content (AvgIpc) is 3.69. The van der Waals surface area contributed by atoms with Gasteiger partial charge in [0, 0.05) is 56.4 Å². The van der Waals surface area contributed by atoms with Crippen molar-refractivity contribution in [2.45, 2.75) is 84.1 Å². The molecule has 7 heterocycles. The zero-order valence-electron chi connectivity index (χ0n) is 23.7. The molecule has 4 fully saturated rings. The van der Waals surface area contributed by atoms with Crippen molar-refractivity contribution in [3.05, 3.63) is 17.4 Å². The van der Waals surface area contributed by atoms with Gasteiger partial charge in [0.05, 0.1) is 18.0 Å². The number of aromatic nitrogens is 4. The number of ether oxygens (including phenoxy) is 1. The smallest absolute Gasteiger partial charge is 0.320 e. The van der Waals surface area contributed by atoms with Gasteiger partial charge in [-0.3, -0.25) is 4.90 Å². The minimum Gasteiger partial charge on any atom is -0.467 e. The van der Waals surface area contributed by atoms with Crippen LogP contribution in [0.2, 0.25) is 5.15 Å². The number of alkyl halides is 1. The van der Waals surface area contributed by atoms with Crippen LogP contribution in [-0.4, -0.2) is 82.0 Å². The van der Waals surface area contributed by atoms with Crippen LogP contribution in [0.5, 0.6) is 6.01 Å². The maximum absolute atomic E-state index is 12.6. The van der Waals surface area contributed by atoms with Crippen molar-refractivity contribution in [2.75, 3.05) is 38.2 Å². The molecule has 0 spiro atoms. The summed E-state index contributed by atoms with van der Waals surface area (Å²) in [6.07, 6.45) is 6.99. The van der Waals surface area contributed by atoms with Crippen LogP contribution in [0.1, 0.15) is 59.8 Å². The number of fused-ring (bicyclic) bond motifs is 6. The molecule has 4 unspecified atom stereocenters. The van der Waals surface area contributed by atoms with Crippen molar-refractivity contribution in [3.63, 3.8) is 0 Å². The Morgan fingerprint density at radius 2 is 1.76 bits per heavy atom. The summed E-state index contributed by atoms with van der Waals surface area (Å²) >= 11 is 6.37. The lowest BCUT2D eigenvalue weighted by molar-refractivity contribution is 0.292. The van der Waals surface area contributed by atoms with Gasteiger partial charge in [-0.2, -0.15) is 9.97 Å². The molecule has 0 amide bonds. The third-order valence-corrected chi connectivity index (χ3v) is 8.09. The number of nitrogens with one attached hydrogen (secondary N) is 1. The predicted molar refractivity (Wildman–Crippen MR) is 154 cm³/mol. The van der Waals surface area contributed by atoms with Gasteiger partial charge in [-0.05, 0) is 44.7 Å². The van der Waals surface area contributed by atoms with E-state index in [-0.39, 0.29) is 0 Å². The standard InChI is InChI=1S/C17H19ClN6O.C7H12FN.2C2H6/c1-23-13-11(5-6-19-14(13)18)12-15(23)21-17(25-2)22-16(12)24-7-9-3-4-10(8-24)20-9;8-6-4-7-2-1-3-9(7)5-6;2*1-2/h5-6,9-10,20H,3-4,7-8H2,1-2H3;6-7H,1-5H2;2*1-2H3. The van der Waals surface area contributed by atoms with Crippen LogP contribution in [0.4, 0.5) is 10.2 Å². The molecule has 4 aliphatic rings. The Bertz CT molecular complexity index is 1200. The number of methoxy groups -OCH3 is 1. The highest BCUT2D eigenvalue weighted by Crippen LogP contribution is 2.38. The zero-order valence-corrected chi connectivity index (χ0v) is 24.4. The van der Waals surface area contributed by atoms with Crippen molar-refractivity contribution in [3.8, 4) is 6.01 Å². The highest BCUT2D eigenvalue weighted by Gasteiger charge is 2.35. The molecule has 2 bridgehead atoms. The van der Waals surface area contributed by atoms with Crippen LogP contribution >= 0.6 is 11.6 Å². The minimum absolute atomic E-state index is 0.378. The molecule has 7 rings (SSSR count). The van der Waals surface area contributed by atoms with Gasteiger partial charge in [-0.25, -0.2) is 9.37 Å². The van der Waals surface area contributed by atoms with Gasteiger partial charge in [-0.15, -0.1) is 0 Å². The van der Waals surface area contributed by atoms with Gasteiger partial charge in [-0.1, -0.05) is 39.3 Å². The molecule has 38 heavy (non-hydrogen) atoms. The van der Waals surface area contributed by atoms with Crippen molar-refractivity contribution in [1.29, 1.82) is 0 Å². The van der Waals surface area contributed by atoms with Crippen LogP contribution in [0.25, 0.3) is 21.9 Å². The number of nitrogens with zero attached hydrogens (tertiary/aromatic N) is 6. The monoisotopic (exact) mass is 547 g/mol. The first-order chi connectivity index (χ1) is 18.5. The Hall–Kier alpha value is -2.23. The lowest BCUT2D eigenvalue weighted by atomic mass is 10.1. The molecule has 3 aromatic heterocycles. The van der Waals surface area contributed by atoms with Crippen LogP contribution in [-0.2, 0) is 7.05 Å². The third-order valence-electron chi connectivity index (χ3n) is 7.81. The zero-order chi connectivity index (χ0) is 27.4. The molecule has 8 nitrogen and oxygen atoms in total. The van der Waals surface area contributed by atoms with E-state index in [1.165, 1.54) is 25.7 Å². The van der Waals surface area contributed by atoms with E-state index in [0.717, 1.165) is 53.8 Å². The van der Waals surface area contributed by atoms with Gasteiger partial charge >= 0.3 is 6.01 Å². The Morgan fingerprint density at radius 1 is 1.05 bits per heavy atom. The Morgan fingerprint density at radius 3 is 2.42 bits per heavy atom. The Balaban J connectivity index is 0.000000216. The first kappa shape index (κ1) is 28.8. The van der Waals surface area contributed by atoms with E-state index in [1.807, 2.05) is 45.4 Å². The quantitative estimate of drug-likeness (QED) is 0.433. The summed E-state index contributed by atoms with van der Waals surface area (Å²) in [5, 5.41) is 6.19. The van der Waals surface area contributed by atoms with Crippen molar-refractivity contribution >= 4 is 39.4 Å². The Kier molecular flexibility index (Phi) is 9.65. The largest absolute Gasteiger partial charge is 0.467 e. The summed E-state index contributed by atoms with van der Waals surface area (Å²) in [7, 11) is 3.56. The van der Waals surface area contributed by atoms with Crippen LogP contribution in [0.15, 0.2) is 12.3 Å². The van der Waals surface area contributed by atoms with Crippen LogP contribution in [0.3, 0.4) is 0 Å². The molecule has 0 saturated carbocycles. The molecule has 4 atom stereocenters. The van der Waals surface area contributed by atoms with E-state index in [9.17, 15) is 4.39 Å². The third kappa shape index (κ3) is 5.56. The molecular formula is C28H43ClFN7O. The summed E-state index contributed by atoms with van der Waals surface area (Å²) in [5.74, 6) is 0.924. The molecule has 4 aliphatic heterocycles. The molecule has 210 valence electrons. The van der Waals surface area contributed by atoms with Gasteiger partial charge in [0.25, 0.3) is 0 Å². The number of piperazine rings is 1. The normalized spacial score (nSPS) is 25.7. The predicted octanol–water partition coefficient (Wildman–Crippen LogP) is 5.36. The summed E-state index contributed by atoms with van der Waals surface area (Å²) in [5.41, 5.74) is 1.69. The fraction of sp³-hybridized carbons (Fsp3) is 0.679. The number of hydrogen-bond acceptors (Lipinski definition) is 7. The topological polar surface area (TPSA) is 71.3 Å². The lowest BCUT2D eigenvalue weighted by Crippen LogP contribution is -2.51. The number of halogens is 2. The number of pyridine rings is 1. The van der Waals surface area contributed by atoms with Crippen molar-refractivity contribution < 1.29 is 9.13 Å². The number of aryl methyl sites for hydroxylation is 1. The molecule has 4 saturated heterocycles. The second-order valence-corrected chi connectivity index (χ2v) is 10.3. The van der Waals surface area contributed by atoms with Gasteiger partial charge in [0.2, 0.25) is 0 Å². The average molecular weight is 548 g/mol. The highest BCUT2D eigenvalue weighted by atomic mass is 35.5. The van der Waals surface area contributed by atoms with Crippen molar-refractivity contribution in [2.24, 2.45) is 7.05 Å². The van der Waals surface area contributed by atoms with Gasteiger partial charge < -0.3 is 19.5 Å². The second kappa shape index (κ2) is 12.7. The first-order valence-corrected chi connectivity index (χ1v) is 14.6. The summed E-state index contributed by atoms with van der Waals surface area (Å²) in [4.78, 5) is 18.2. The summed E-state index contributed by atoms with van der Waals surface area (Å²) in [6.45, 7) is 11.7.